The third-order valence-corrected chi connectivity index (χ3v) is 5.68. The summed E-state index contributed by atoms with van der Waals surface area (Å²) in [6.07, 6.45) is 1.58. The summed E-state index contributed by atoms with van der Waals surface area (Å²) in [7, 11) is 1.44. The molecule has 4 rings (SSSR count). The average Bonchev–Trinajstić information content (AvgIpc) is 3.32. The van der Waals surface area contributed by atoms with Gasteiger partial charge >= 0.3 is 0 Å². The number of para-hydroxylation sites is 1. The van der Waals surface area contributed by atoms with Crippen molar-refractivity contribution in [3.63, 3.8) is 0 Å². The molecule has 1 fully saturated rings. The first kappa shape index (κ1) is 19.9. The maximum absolute atomic E-state index is 12.8. The van der Waals surface area contributed by atoms with E-state index in [4.69, 9.17) is 21.4 Å². The maximum atomic E-state index is 12.8. The van der Waals surface area contributed by atoms with Crippen LogP contribution >= 0.6 is 24.0 Å². The second-order valence-electron chi connectivity index (χ2n) is 6.19. The van der Waals surface area contributed by atoms with E-state index in [1.807, 2.05) is 30.3 Å². The van der Waals surface area contributed by atoms with E-state index >= 15 is 0 Å². The van der Waals surface area contributed by atoms with Gasteiger partial charge in [-0.2, -0.15) is 0 Å². The van der Waals surface area contributed by atoms with Crippen LogP contribution in [0.25, 0.3) is 17.4 Å². The lowest BCUT2D eigenvalue weighted by Crippen LogP contribution is -2.27. The number of hydrogen-bond acceptors (Lipinski definition) is 7. The molecule has 1 aromatic heterocycles. The number of carbonyl (C=O) groups excluding carboxylic acids is 1. The highest BCUT2D eigenvalue weighted by Crippen LogP contribution is 2.38. The number of rotatable bonds is 5. The zero-order valence-electron chi connectivity index (χ0n) is 15.6. The molecule has 0 atom stereocenters. The quantitative estimate of drug-likeness (QED) is 0.232. The lowest BCUT2D eigenvalue weighted by atomic mass is 10.1. The van der Waals surface area contributed by atoms with E-state index in [2.05, 4.69) is 0 Å². The minimum absolute atomic E-state index is 0.134. The van der Waals surface area contributed by atoms with E-state index in [1.165, 1.54) is 29.8 Å². The lowest BCUT2D eigenvalue weighted by molar-refractivity contribution is -0.384. The van der Waals surface area contributed by atoms with Gasteiger partial charge in [-0.15, -0.1) is 0 Å². The molecule has 7 nitrogen and oxygen atoms in total. The first-order chi connectivity index (χ1) is 14.5. The Morgan fingerprint density at radius 3 is 2.63 bits per heavy atom. The lowest BCUT2D eigenvalue weighted by Gasteiger charge is -2.13. The summed E-state index contributed by atoms with van der Waals surface area (Å²) in [5, 5.41) is 11.4. The summed E-state index contributed by atoms with van der Waals surface area (Å²) in [5.74, 6) is 0.837. The van der Waals surface area contributed by atoms with Gasteiger partial charge in [0, 0.05) is 6.08 Å². The Bertz CT molecular complexity index is 1190. The molecule has 30 heavy (non-hydrogen) atoms. The molecule has 0 spiro atoms. The number of amides is 1. The largest absolute Gasteiger partial charge is 0.497 e. The van der Waals surface area contributed by atoms with Gasteiger partial charge in [0.15, 0.2) is 4.32 Å². The maximum Gasteiger partial charge on any atom is 0.284 e. The van der Waals surface area contributed by atoms with Crippen LogP contribution in [0.5, 0.6) is 5.75 Å². The molecule has 9 heteroatoms. The molecule has 0 aliphatic carbocycles. The zero-order chi connectivity index (χ0) is 21.3. The van der Waals surface area contributed by atoms with Crippen molar-refractivity contribution in [2.45, 2.75) is 0 Å². The summed E-state index contributed by atoms with van der Waals surface area (Å²) in [6, 6.07) is 16.9. The molecule has 1 aliphatic heterocycles. The van der Waals surface area contributed by atoms with Crippen molar-refractivity contribution in [2.75, 3.05) is 12.0 Å². The molecule has 2 heterocycles. The Morgan fingerprint density at radius 1 is 1.17 bits per heavy atom. The molecule has 0 N–H and O–H groups in total. The van der Waals surface area contributed by atoms with Crippen molar-refractivity contribution in [1.29, 1.82) is 0 Å². The third kappa shape index (κ3) is 3.72. The minimum atomic E-state index is -0.495. The summed E-state index contributed by atoms with van der Waals surface area (Å²) < 4.78 is 11.3. The minimum Gasteiger partial charge on any atom is -0.497 e. The molecule has 150 valence electrons. The van der Waals surface area contributed by atoms with Gasteiger partial charge in [0.25, 0.3) is 11.6 Å². The standard InChI is InChI=1S/C21H14N2O5S2/c1-27-14-7-9-16(17(11-14)23(25)26)18-10-8-15(28-18)12-19-20(24)22(21(29)30-19)13-5-3-2-4-6-13/h2-12H,1H3/b19-12-. The molecule has 0 bridgehead atoms. The van der Waals surface area contributed by atoms with Gasteiger partial charge in [0.05, 0.1) is 34.3 Å². The molecular weight excluding hydrogens is 424 g/mol. The summed E-state index contributed by atoms with van der Waals surface area (Å²) in [5.41, 5.74) is 0.875. The average molecular weight is 438 g/mol. The molecule has 0 unspecified atom stereocenters. The zero-order valence-corrected chi connectivity index (χ0v) is 17.2. The van der Waals surface area contributed by atoms with Crippen LogP contribution in [0.1, 0.15) is 5.76 Å². The number of nitro benzene ring substituents is 1. The van der Waals surface area contributed by atoms with Gasteiger partial charge in [-0.05, 0) is 36.4 Å². The van der Waals surface area contributed by atoms with Crippen LogP contribution in [0.15, 0.2) is 70.0 Å². The molecular formula is C21H14N2O5S2. The van der Waals surface area contributed by atoms with Gasteiger partial charge in [0.2, 0.25) is 0 Å². The van der Waals surface area contributed by atoms with Gasteiger partial charge in [-0.1, -0.05) is 42.2 Å². The molecule has 1 saturated heterocycles. The van der Waals surface area contributed by atoms with Crippen LogP contribution in [0, 0.1) is 10.1 Å². The predicted octanol–water partition coefficient (Wildman–Crippen LogP) is 5.27. The molecule has 2 aromatic carbocycles. The fourth-order valence-corrected chi connectivity index (χ4v) is 4.25. The van der Waals surface area contributed by atoms with E-state index in [-0.39, 0.29) is 11.6 Å². The van der Waals surface area contributed by atoms with Crippen molar-refractivity contribution in [3.8, 4) is 17.1 Å². The van der Waals surface area contributed by atoms with Crippen LogP contribution in [-0.2, 0) is 4.79 Å². The highest BCUT2D eigenvalue weighted by Gasteiger charge is 2.33. The van der Waals surface area contributed by atoms with Gasteiger partial charge < -0.3 is 9.15 Å². The van der Waals surface area contributed by atoms with Gasteiger partial charge in [-0.25, -0.2) is 0 Å². The number of anilines is 1. The summed E-state index contributed by atoms with van der Waals surface area (Å²) in [4.78, 5) is 25.6. The van der Waals surface area contributed by atoms with Crippen molar-refractivity contribution in [2.24, 2.45) is 0 Å². The fraction of sp³-hybridized carbons (Fsp3) is 0.0476. The Labute approximate surface area is 181 Å². The summed E-state index contributed by atoms with van der Waals surface area (Å²) >= 11 is 6.53. The number of thioether (sulfide) groups is 1. The van der Waals surface area contributed by atoms with Crippen molar-refractivity contribution in [1.82, 2.24) is 0 Å². The highest BCUT2D eigenvalue weighted by molar-refractivity contribution is 8.27. The highest BCUT2D eigenvalue weighted by atomic mass is 32.2. The second-order valence-corrected chi connectivity index (χ2v) is 7.87. The SMILES string of the molecule is COc1ccc(-c2ccc(/C=C3\SC(=S)N(c4ccccc4)C3=O)o2)c([N+](=O)[O-])c1. The van der Waals surface area contributed by atoms with Crippen LogP contribution in [0.3, 0.4) is 0 Å². The number of nitro groups is 1. The molecule has 3 aromatic rings. The van der Waals surface area contributed by atoms with Gasteiger partial charge in [0.1, 0.15) is 17.3 Å². The first-order valence-corrected chi connectivity index (χ1v) is 9.96. The number of ether oxygens (including phenoxy) is 1. The first-order valence-electron chi connectivity index (χ1n) is 8.73. The normalized spacial score (nSPS) is 15.1. The topological polar surface area (TPSA) is 85.8 Å². The molecule has 1 aliphatic rings. The van der Waals surface area contributed by atoms with Crippen LogP contribution in [0.2, 0.25) is 0 Å². The monoisotopic (exact) mass is 438 g/mol. The Balaban J connectivity index is 1.64. The predicted molar refractivity (Wildman–Crippen MR) is 119 cm³/mol. The molecule has 0 saturated carbocycles. The number of methoxy groups -OCH3 is 1. The Morgan fingerprint density at radius 2 is 1.93 bits per heavy atom. The Kier molecular flexibility index (Phi) is 5.39. The number of carbonyl (C=O) groups is 1. The van der Waals surface area contributed by atoms with Gasteiger partial charge in [-0.3, -0.25) is 19.8 Å². The number of hydrogen-bond donors (Lipinski definition) is 0. The molecule has 1 amide bonds. The fourth-order valence-electron chi connectivity index (χ4n) is 2.97. The van der Waals surface area contributed by atoms with Crippen molar-refractivity contribution in [3.05, 3.63) is 81.4 Å². The third-order valence-electron chi connectivity index (χ3n) is 4.38. The van der Waals surface area contributed by atoms with Crippen molar-refractivity contribution < 1.29 is 18.9 Å². The smallest absolute Gasteiger partial charge is 0.284 e. The van der Waals surface area contributed by atoms with Crippen molar-refractivity contribution >= 4 is 51.7 Å². The number of thiocarbonyl (C=S) groups is 1. The number of furan rings is 1. The number of nitrogens with zero attached hydrogens (tertiary/aromatic N) is 2. The van der Waals surface area contributed by atoms with E-state index < -0.39 is 4.92 Å². The number of benzene rings is 2. The van der Waals surface area contributed by atoms with E-state index in [0.29, 0.717) is 37.7 Å². The summed E-state index contributed by atoms with van der Waals surface area (Å²) in [6.45, 7) is 0. The second kappa shape index (κ2) is 8.13. The molecule has 0 radical (unpaired) electrons. The van der Waals surface area contributed by atoms with E-state index in [1.54, 1.807) is 30.3 Å². The van der Waals surface area contributed by atoms with Crippen LogP contribution < -0.4 is 9.64 Å². The van der Waals surface area contributed by atoms with Crippen LogP contribution in [-0.4, -0.2) is 22.3 Å². The van der Waals surface area contributed by atoms with E-state index in [9.17, 15) is 14.9 Å². The van der Waals surface area contributed by atoms with Crippen LogP contribution in [0.4, 0.5) is 11.4 Å². The Hall–Kier alpha value is -3.43. The van der Waals surface area contributed by atoms with E-state index in [0.717, 1.165) is 0 Å².